The van der Waals surface area contributed by atoms with Crippen LogP contribution in [0.3, 0.4) is 0 Å². The molecular formula is C64H108N2O32S. The molecule has 572 valence electrons. The predicted molar refractivity (Wildman–Crippen MR) is 333 cm³/mol. The Bertz CT molecular complexity index is 2780. The van der Waals surface area contributed by atoms with Gasteiger partial charge in [0, 0.05) is 20.3 Å². The van der Waals surface area contributed by atoms with Crippen molar-refractivity contribution in [3.63, 3.8) is 0 Å². The Labute approximate surface area is 574 Å². The third-order valence-electron chi connectivity index (χ3n) is 23.4. The maximum Gasteiger partial charge on any atom is 0.397 e. The number of carbonyl (C=O) groups excluding carboxylic acids is 2. The summed E-state index contributed by atoms with van der Waals surface area (Å²) in [5.41, 5.74) is 0.424. The van der Waals surface area contributed by atoms with Crippen LogP contribution in [0.5, 0.6) is 0 Å². The molecule has 0 aromatic heterocycles. The molecular weight excluding hydrogens is 1340 g/mol. The molecule has 35 heteroatoms. The van der Waals surface area contributed by atoms with Gasteiger partial charge in [0.1, 0.15) is 116 Å². The summed E-state index contributed by atoms with van der Waals surface area (Å²) in [4.78, 5) is 37.9. The molecule has 4 saturated carbocycles. The highest BCUT2D eigenvalue weighted by Gasteiger charge is 2.63. The average Bonchev–Trinajstić information content (AvgIpc) is 1.68. The number of carbonyl (C=O) groups is 3. The Hall–Kier alpha value is -2.68. The summed E-state index contributed by atoms with van der Waals surface area (Å²) in [6.07, 6.45) is -34.8. The molecule has 5 aliphatic heterocycles. The van der Waals surface area contributed by atoms with Crippen molar-refractivity contribution in [1.82, 2.24) is 10.6 Å². The van der Waals surface area contributed by atoms with Crippen molar-refractivity contribution in [2.24, 2.45) is 52.3 Å². The average molecular weight is 1450 g/mol. The molecule has 0 radical (unpaired) electrons. The van der Waals surface area contributed by atoms with Crippen molar-refractivity contribution in [2.75, 3.05) is 33.0 Å². The summed E-state index contributed by atoms with van der Waals surface area (Å²) < 4.78 is 97.7. The van der Waals surface area contributed by atoms with Gasteiger partial charge in [0.2, 0.25) is 11.8 Å². The Morgan fingerprint density at radius 1 is 0.596 bits per heavy atom. The van der Waals surface area contributed by atoms with Crippen LogP contribution < -0.4 is 10.6 Å². The van der Waals surface area contributed by atoms with Crippen LogP contribution in [-0.4, -0.2) is 305 Å². The van der Waals surface area contributed by atoms with Crippen molar-refractivity contribution in [1.29, 1.82) is 0 Å². The summed E-state index contributed by atoms with van der Waals surface area (Å²) in [5, 5.41) is 171. The SMILES string of the molecule is CC(=O)N[C@H]1[C@H]([C@H](O)[C@H](O)CO)O[C@@](OC[C@H]2O[C@@H](OC3[C@@H](COS(=O)(=O)O)O[C@@H](OC4[C@@H](O)[C@H](OC5[C@@H](CO)O[C@@H](OC6CC[C@@]7(C)C(CC[C@H]8[C@@H]9CC[C@H]([C@H](C)CCCC(C)C)[C@@]9(C)CC[C@@H]87)C6)[C@H](O)[C@H]5O)O[C@H](CO)[C@@H]4O)[C@H](NC(C)=O)[C@H]3O)[C@H](O)[C@@H](O)[C@H]2O)(C(=O)O)C[C@@H]1O. The summed E-state index contributed by atoms with van der Waals surface area (Å²) in [7, 11) is -5.42. The lowest BCUT2D eigenvalue weighted by Gasteiger charge is -2.61. The lowest BCUT2D eigenvalue weighted by molar-refractivity contribution is -0.384. The fourth-order valence-corrected chi connectivity index (χ4v) is 18.5. The summed E-state index contributed by atoms with van der Waals surface area (Å²) in [6.45, 7) is 8.55. The standard InChI is InChI=1S/C64H108N2O32S/c1-26(2)9-8-10-27(3)33-13-14-34-32-12-11-30-19-31(15-17-62(30,6)35(32)16-18-63(33,34)7)90-58-51(81)49(79)53(39(23-69)92-58)95-60-52(82)56(46(76)38(22-68)91-60)97-57-43(66-29(5)71)47(77)54(41(94-57)25-89-99(85,86)87)96-59-50(80)48(78)45(75)40(93-59)24-88-64(61(83)84)20-36(72)42(65-28(4)70)55(98-64)44(74)37(73)21-67/h26-27,30-60,67-69,72-82H,8-25H2,1-7H3,(H,65,70)(H,66,71)(H,83,84)(H,85,86,87)/t27-,30?,31?,32+,33-,34+,35+,36+,37-,38-,39-,40-,41-,42-,43-,44-,45+,46+,47-,48+,49-,50-,51-,52-,53?,54?,55-,56?,57+,58-,59+,60+,62+,63-,64-/m1/s1. The second-order valence-corrected chi connectivity index (χ2v) is 31.2. The van der Waals surface area contributed by atoms with Crippen molar-refractivity contribution >= 4 is 28.2 Å². The van der Waals surface area contributed by atoms with E-state index in [-0.39, 0.29) is 11.5 Å². The lowest BCUT2D eigenvalue weighted by atomic mass is 9.44. The van der Waals surface area contributed by atoms with Crippen LogP contribution in [0.15, 0.2) is 0 Å². The topological polar surface area (TPSA) is 535 Å². The first kappa shape index (κ1) is 80.4. The maximum atomic E-state index is 12.9. The summed E-state index contributed by atoms with van der Waals surface area (Å²) in [5.74, 6) is -2.37. The van der Waals surface area contributed by atoms with E-state index in [1.54, 1.807) is 0 Å². The lowest BCUT2D eigenvalue weighted by Crippen LogP contribution is -2.70. The Balaban J connectivity index is 0.860. The number of ether oxygens (including phenoxy) is 10. The zero-order valence-electron chi connectivity index (χ0n) is 56.9. The highest BCUT2D eigenvalue weighted by Crippen LogP contribution is 2.68. The number of rotatable bonds is 27. The minimum atomic E-state index is -5.42. The van der Waals surface area contributed by atoms with E-state index in [1.165, 1.54) is 44.9 Å². The molecule has 0 aromatic rings. The van der Waals surface area contributed by atoms with Crippen molar-refractivity contribution in [3.8, 4) is 0 Å². The van der Waals surface area contributed by atoms with Crippen LogP contribution in [0.25, 0.3) is 0 Å². The van der Waals surface area contributed by atoms with Gasteiger partial charge in [0.05, 0.1) is 51.3 Å². The number of fused-ring (bicyclic) bond motifs is 5. The first-order chi connectivity index (χ1) is 46.5. The molecule has 0 aromatic carbocycles. The van der Waals surface area contributed by atoms with Gasteiger partial charge in [-0.25, -0.2) is 8.98 Å². The van der Waals surface area contributed by atoms with Crippen LogP contribution >= 0.6 is 0 Å². The number of carboxylic acid groups (broad SMARTS) is 1. The van der Waals surface area contributed by atoms with E-state index in [0.717, 1.165) is 39.0 Å². The normalized spacial score (nSPS) is 46.7. The number of aliphatic hydroxyl groups excluding tert-OH is 14. The third kappa shape index (κ3) is 17.3. The van der Waals surface area contributed by atoms with Gasteiger partial charge in [-0.3, -0.25) is 14.1 Å². The number of hydrogen-bond acceptors (Lipinski definition) is 30. The fourth-order valence-electron chi connectivity index (χ4n) is 18.2. The maximum absolute atomic E-state index is 12.9. The quantitative estimate of drug-likeness (QED) is 0.0275. The smallest absolute Gasteiger partial charge is 0.397 e. The van der Waals surface area contributed by atoms with Gasteiger partial charge in [-0.1, -0.05) is 53.9 Å². The predicted octanol–water partition coefficient (Wildman–Crippen LogP) is -4.09. The van der Waals surface area contributed by atoms with Gasteiger partial charge < -0.3 is 135 Å². The van der Waals surface area contributed by atoms with Gasteiger partial charge in [0.25, 0.3) is 5.79 Å². The van der Waals surface area contributed by atoms with Gasteiger partial charge in [-0.15, -0.1) is 0 Å². The Morgan fingerprint density at radius 3 is 1.80 bits per heavy atom. The minimum absolute atomic E-state index is 0.0858. The number of nitrogens with one attached hydrogen (secondary N) is 2. The summed E-state index contributed by atoms with van der Waals surface area (Å²) in [6, 6.07) is -3.58. The molecule has 0 bridgehead atoms. The molecule has 2 amide bonds. The monoisotopic (exact) mass is 1450 g/mol. The summed E-state index contributed by atoms with van der Waals surface area (Å²) >= 11 is 0. The van der Waals surface area contributed by atoms with Crippen molar-refractivity contribution in [3.05, 3.63) is 0 Å². The number of hydrogen-bond donors (Lipinski definition) is 18. The van der Waals surface area contributed by atoms with Crippen LogP contribution in [0.1, 0.15) is 132 Å². The molecule has 5 unspecified atom stereocenters. The minimum Gasteiger partial charge on any atom is -0.477 e. The fraction of sp³-hybridized carbons (Fsp3) is 0.953. The molecule has 9 aliphatic rings. The second kappa shape index (κ2) is 33.0. The number of aliphatic carboxylic acids is 1. The van der Waals surface area contributed by atoms with E-state index in [9.17, 15) is 104 Å². The first-order valence-corrected chi connectivity index (χ1v) is 36.1. The molecule has 35 atom stereocenters. The number of aliphatic hydroxyl groups is 14. The van der Waals surface area contributed by atoms with Gasteiger partial charge in [0.15, 0.2) is 25.2 Å². The van der Waals surface area contributed by atoms with E-state index >= 15 is 0 Å². The van der Waals surface area contributed by atoms with E-state index in [0.29, 0.717) is 53.8 Å². The van der Waals surface area contributed by atoms with E-state index in [1.807, 2.05) is 0 Å². The first-order valence-electron chi connectivity index (χ1n) is 34.8. The molecule has 5 heterocycles. The Morgan fingerprint density at radius 2 is 1.17 bits per heavy atom. The van der Waals surface area contributed by atoms with Crippen LogP contribution in [-0.2, 0) is 76.3 Å². The molecule has 0 spiro atoms. The molecule has 9 fully saturated rings. The van der Waals surface area contributed by atoms with Crippen LogP contribution in [0, 0.1) is 52.3 Å². The van der Waals surface area contributed by atoms with Gasteiger partial charge in [-0.2, -0.15) is 8.42 Å². The van der Waals surface area contributed by atoms with Crippen LogP contribution in [0.2, 0.25) is 0 Å². The molecule has 34 nitrogen and oxygen atoms in total. The number of carboxylic acids is 1. The van der Waals surface area contributed by atoms with Crippen molar-refractivity contribution < 1.29 is 156 Å². The van der Waals surface area contributed by atoms with E-state index in [4.69, 9.17) is 47.4 Å². The van der Waals surface area contributed by atoms with Gasteiger partial charge in [-0.05, 0) is 110 Å². The Kier molecular flexibility index (Phi) is 26.8. The highest BCUT2D eigenvalue weighted by molar-refractivity contribution is 7.80. The molecule has 5 saturated heterocycles. The van der Waals surface area contributed by atoms with E-state index in [2.05, 4.69) is 49.4 Å². The largest absolute Gasteiger partial charge is 0.477 e. The molecule has 4 aliphatic carbocycles. The molecule has 99 heavy (non-hydrogen) atoms. The third-order valence-corrected chi connectivity index (χ3v) is 23.9. The second-order valence-electron chi connectivity index (χ2n) is 30.1. The van der Waals surface area contributed by atoms with E-state index < -0.39 is 227 Å². The number of amides is 2. The molecule has 18 N–H and O–H groups in total. The zero-order valence-corrected chi connectivity index (χ0v) is 57.7. The highest BCUT2D eigenvalue weighted by atomic mass is 32.3. The zero-order chi connectivity index (χ0) is 72.7. The van der Waals surface area contributed by atoms with Crippen molar-refractivity contribution in [2.45, 2.75) is 297 Å². The van der Waals surface area contributed by atoms with Crippen LogP contribution in [0.4, 0.5) is 0 Å². The van der Waals surface area contributed by atoms with Gasteiger partial charge >= 0.3 is 16.4 Å². The molecule has 9 rings (SSSR count).